The summed E-state index contributed by atoms with van der Waals surface area (Å²) in [6, 6.07) is 12.4. The fraction of sp³-hybridized carbons (Fsp3) is 0.381. The second kappa shape index (κ2) is 9.30. The van der Waals surface area contributed by atoms with Crippen LogP contribution in [0.15, 0.2) is 47.5 Å². The quantitative estimate of drug-likeness (QED) is 0.611. The number of hydrogen-bond donors (Lipinski definition) is 2. The maximum Gasteiger partial charge on any atom is 0.194 e. The molecule has 1 heterocycles. The lowest BCUT2D eigenvalue weighted by atomic mass is 10.2. The number of guanidine groups is 1. The maximum atomic E-state index is 14.0. The second-order valence-electron chi connectivity index (χ2n) is 6.56. The third kappa shape index (κ3) is 4.65. The average molecular weight is 386 g/mol. The largest absolute Gasteiger partial charge is 0.506 e. The summed E-state index contributed by atoms with van der Waals surface area (Å²) in [5, 5.41) is 13.3. The standard InChI is InChI=1S/C21H27FN4O2/c1-3-28-20-9-8-16(14-17(20)22)15-24-21(23-2)26-12-10-25(11-13-26)18-6-4-5-7-19(18)27/h4-9,14,27H,3,10-13,15H2,1-2H3,(H,23,24). The lowest BCUT2D eigenvalue weighted by molar-refractivity contribution is 0.321. The Hall–Kier alpha value is -2.96. The Morgan fingerprint density at radius 1 is 1.18 bits per heavy atom. The molecule has 0 amide bonds. The van der Waals surface area contributed by atoms with E-state index in [9.17, 15) is 9.50 Å². The van der Waals surface area contributed by atoms with Gasteiger partial charge in [0, 0.05) is 39.8 Å². The Bertz CT molecular complexity index is 820. The van der Waals surface area contributed by atoms with Gasteiger partial charge in [0.2, 0.25) is 0 Å². The van der Waals surface area contributed by atoms with E-state index < -0.39 is 0 Å². The number of ether oxygens (including phenoxy) is 1. The van der Waals surface area contributed by atoms with Gasteiger partial charge in [-0.05, 0) is 36.8 Å². The molecule has 0 bridgehead atoms. The highest BCUT2D eigenvalue weighted by atomic mass is 19.1. The van der Waals surface area contributed by atoms with Crippen molar-refractivity contribution in [3.05, 3.63) is 53.8 Å². The average Bonchev–Trinajstić information content (AvgIpc) is 2.71. The molecule has 0 aromatic heterocycles. The fourth-order valence-electron chi connectivity index (χ4n) is 3.33. The molecule has 0 aliphatic carbocycles. The van der Waals surface area contributed by atoms with Crippen LogP contribution in [0.1, 0.15) is 12.5 Å². The van der Waals surface area contributed by atoms with Crippen LogP contribution < -0.4 is 15.0 Å². The van der Waals surface area contributed by atoms with Gasteiger partial charge in [-0.1, -0.05) is 18.2 Å². The van der Waals surface area contributed by atoms with E-state index >= 15 is 0 Å². The molecule has 0 saturated carbocycles. The monoisotopic (exact) mass is 386 g/mol. The van der Waals surface area contributed by atoms with Crippen LogP contribution in [0.4, 0.5) is 10.1 Å². The number of anilines is 1. The first-order chi connectivity index (χ1) is 13.6. The number of para-hydroxylation sites is 2. The minimum absolute atomic E-state index is 0.274. The smallest absolute Gasteiger partial charge is 0.194 e. The summed E-state index contributed by atoms with van der Waals surface area (Å²) >= 11 is 0. The Kier molecular flexibility index (Phi) is 6.57. The number of aliphatic imine (C=N–C) groups is 1. The van der Waals surface area contributed by atoms with Crippen LogP contribution in [0, 0.1) is 5.82 Å². The molecule has 2 aromatic carbocycles. The molecule has 3 rings (SSSR count). The van der Waals surface area contributed by atoms with Crippen LogP contribution in [-0.4, -0.2) is 55.8 Å². The minimum Gasteiger partial charge on any atom is -0.506 e. The summed E-state index contributed by atoms with van der Waals surface area (Å²) in [5.41, 5.74) is 1.69. The number of rotatable bonds is 5. The van der Waals surface area contributed by atoms with Crippen molar-refractivity contribution >= 4 is 11.6 Å². The van der Waals surface area contributed by atoms with Crippen molar-refractivity contribution in [2.24, 2.45) is 4.99 Å². The van der Waals surface area contributed by atoms with Crippen LogP contribution in [0.2, 0.25) is 0 Å². The minimum atomic E-state index is -0.354. The van der Waals surface area contributed by atoms with E-state index in [0.717, 1.165) is 43.4 Å². The molecule has 0 spiro atoms. The molecule has 0 atom stereocenters. The Labute approximate surface area is 165 Å². The summed E-state index contributed by atoms with van der Waals surface area (Å²) < 4.78 is 19.3. The molecule has 2 N–H and O–H groups in total. The number of nitrogens with zero attached hydrogens (tertiary/aromatic N) is 3. The summed E-state index contributed by atoms with van der Waals surface area (Å²) in [7, 11) is 1.75. The highest BCUT2D eigenvalue weighted by Gasteiger charge is 2.21. The van der Waals surface area contributed by atoms with Crippen molar-refractivity contribution in [2.75, 3.05) is 44.7 Å². The highest BCUT2D eigenvalue weighted by Crippen LogP contribution is 2.27. The number of phenols is 1. The SMILES string of the molecule is CCOc1ccc(CNC(=NC)N2CCN(c3ccccc3O)CC2)cc1F. The first-order valence-corrected chi connectivity index (χ1v) is 9.52. The van der Waals surface area contributed by atoms with Gasteiger partial charge in [0.1, 0.15) is 5.75 Å². The number of benzene rings is 2. The number of nitrogens with one attached hydrogen (secondary N) is 1. The summed E-state index contributed by atoms with van der Waals surface area (Å²) in [6.45, 7) is 5.89. The molecular weight excluding hydrogens is 359 g/mol. The van der Waals surface area contributed by atoms with Crippen LogP contribution in [-0.2, 0) is 6.54 Å². The van der Waals surface area contributed by atoms with Gasteiger partial charge in [0.15, 0.2) is 17.5 Å². The topological polar surface area (TPSA) is 60.3 Å². The maximum absolute atomic E-state index is 14.0. The summed E-state index contributed by atoms with van der Waals surface area (Å²) in [5.74, 6) is 1.01. The van der Waals surface area contributed by atoms with Crippen LogP contribution >= 0.6 is 0 Å². The van der Waals surface area contributed by atoms with Gasteiger partial charge in [-0.3, -0.25) is 4.99 Å². The first-order valence-electron chi connectivity index (χ1n) is 9.52. The number of halogens is 1. The van der Waals surface area contributed by atoms with Gasteiger partial charge >= 0.3 is 0 Å². The van der Waals surface area contributed by atoms with E-state index in [-0.39, 0.29) is 11.6 Å². The fourth-order valence-corrected chi connectivity index (χ4v) is 3.33. The third-order valence-electron chi connectivity index (χ3n) is 4.76. The van der Waals surface area contributed by atoms with Gasteiger partial charge in [-0.2, -0.15) is 0 Å². The van der Waals surface area contributed by atoms with E-state index in [1.54, 1.807) is 19.2 Å². The van der Waals surface area contributed by atoms with Crippen LogP contribution in [0.3, 0.4) is 0 Å². The predicted molar refractivity (Wildman–Crippen MR) is 110 cm³/mol. The molecule has 0 unspecified atom stereocenters. The van der Waals surface area contributed by atoms with E-state index in [4.69, 9.17) is 4.74 Å². The van der Waals surface area contributed by atoms with Gasteiger partial charge in [0.25, 0.3) is 0 Å². The molecule has 150 valence electrons. The number of aromatic hydroxyl groups is 1. The van der Waals surface area contributed by atoms with E-state index in [2.05, 4.69) is 20.1 Å². The first kappa shape index (κ1) is 19.8. The van der Waals surface area contributed by atoms with Crippen molar-refractivity contribution in [3.8, 4) is 11.5 Å². The summed E-state index contributed by atoms with van der Waals surface area (Å²) in [4.78, 5) is 8.69. The molecule has 28 heavy (non-hydrogen) atoms. The van der Waals surface area contributed by atoms with Gasteiger partial charge in [-0.25, -0.2) is 4.39 Å². The number of phenolic OH excluding ortho intramolecular Hbond substituents is 1. The van der Waals surface area contributed by atoms with Crippen molar-refractivity contribution in [1.29, 1.82) is 0 Å². The molecule has 1 fully saturated rings. The van der Waals surface area contributed by atoms with E-state index in [0.29, 0.717) is 18.9 Å². The number of piperazine rings is 1. The van der Waals surface area contributed by atoms with E-state index in [1.165, 1.54) is 6.07 Å². The highest BCUT2D eigenvalue weighted by molar-refractivity contribution is 5.80. The second-order valence-corrected chi connectivity index (χ2v) is 6.56. The van der Waals surface area contributed by atoms with E-state index in [1.807, 2.05) is 31.2 Å². The molecule has 2 aromatic rings. The molecule has 1 aliphatic rings. The predicted octanol–water partition coefficient (Wildman–Crippen LogP) is 2.83. The molecular formula is C21H27FN4O2. The normalized spacial score (nSPS) is 14.9. The van der Waals surface area contributed by atoms with Crippen molar-refractivity contribution in [1.82, 2.24) is 10.2 Å². The lowest BCUT2D eigenvalue weighted by Crippen LogP contribution is -2.52. The van der Waals surface area contributed by atoms with Gasteiger partial charge in [0.05, 0.1) is 12.3 Å². The third-order valence-corrected chi connectivity index (χ3v) is 4.76. The number of hydrogen-bond acceptors (Lipinski definition) is 4. The van der Waals surface area contributed by atoms with Crippen molar-refractivity contribution in [2.45, 2.75) is 13.5 Å². The van der Waals surface area contributed by atoms with Gasteiger partial charge in [-0.15, -0.1) is 0 Å². The Morgan fingerprint density at radius 2 is 1.93 bits per heavy atom. The zero-order chi connectivity index (χ0) is 19.9. The molecule has 1 aliphatic heterocycles. The zero-order valence-corrected chi connectivity index (χ0v) is 16.4. The Morgan fingerprint density at radius 3 is 2.57 bits per heavy atom. The van der Waals surface area contributed by atoms with Crippen molar-refractivity contribution < 1.29 is 14.2 Å². The Balaban J connectivity index is 1.55. The molecule has 6 nitrogen and oxygen atoms in total. The molecule has 0 radical (unpaired) electrons. The van der Waals surface area contributed by atoms with Crippen LogP contribution in [0.5, 0.6) is 11.5 Å². The van der Waals surface area contributed by atoms with Gasteiger partial charge < -0.3 is 25.0 Å². The van der Waals surface area contributed by atoms with Crippen LogP contribution in [0.25, 0.3) is 0 Å². The lowest BCUT2D eigenvalue weighted by Gasteiger charge is -2.37. The van der Waals surface area contributed by atoms with Crippen molar-refractivity contribution in [3.63, 3.8) is 0 Å². The zero-order valence-electron chi connectivity index (χ0n) is 16.4. The molecule has 1 saturated heterocycles. The molecule has 7 heteroatoms. The summed E-state index contributed by atoms with van der Waals surface area (Å²) in [6.07, 6.45) is 0.